The number of aliphatic hydroxyl groups is 1. The lowest BCUT2D eigenvalue weighted by atomic mass is 10.1. The number of thioether (sulfide) groups is 1. The highest BCUT2D eigenvalue weighted by Crippen LogP contribution is 2.37. The molecule has 2 atom stereocenters. The zero-order chi connectivity index (χ0) is 14.8. The molecule has 0 bridgehead atoms. The molecule has 0 fully saturated rings. The van der Waals surface area contributed by atoms with Gasteiger partial charge in [-0.05, 0) is 43.5 Å². The molecule has 0 spiro atoms. The molecule has 1 aliphatic heterocycles. The average Bonchev–Trinajstić information content (AvgIpc) is 2.87. The van der Waals surface area contributed by atoms with Gasteiger partial charge in [-0.15, -0.1) is 11.8 Å². The summed E-state index contributed by atoms with van der Waals surface area (Å²) in [6.45, 7) is 4.49. The van der Waals surface area contributed by atoms with Crippen molar-refractivity contribution in [1.29, 1.82) is 0 Å². The van der Waals surface area contributed by atoms with Gasteiger partial charge in [0.25, 0.3) is 0 Å². The Morgan fingerprint density at radius 3 is 2.86 bits per heavy atom. The van der Waals surface area contributed by atoms with Crippen LogP contribution in [0.3, 0.4) is 0 Å². The van der Waals surface area contributed by atoms with Gasteiger partial charge < -0.3 is 9.84 Å². The van der Waals surface area contributed by atoms with Crippen LogP contribution in [0.2, 0.25) is 0 Å². The highest BCUT2D eigenvalue weighted by atomic mass is 32.2. The highest BCUT2D eigenvalue weighted by Gasteiger charge is 2.22. The Kier molecular flexibility index (Phi) is 4.22. The average molecular weight is 300 g/mol. The summed E-state index contributed by atoms with van der Waals surface area (Å²) < 4.78 is 6.01. The molecular formula is C18H20O2S. The summed E-state index contributed by atoms with van der Waals surface area (Å²) in [5.74, 6) is 0.807. The predicted molar refractivity (Wildman–Crippen MR) is 87.1 cm³/mol. The van der Waals surface area contributed by atoms with Gasteiger partial charge in [0.15, 0.2) is 0 Å². The van der Waals surface area contributed by atoms with Crippen LogP contribution in [0.5, 0.6) is 5.75 Å². The molecular weight excluding hydrogens is 280 g/mol. The maximum Gasteiger partial charge on any atom is 0.125 e. The summed E-state index contributed by atoms with van der Waals surface area (Å²) in [5, 5.41) is 10.3. The van der Waals surface area contributed by atoms with E-state index in [4.69, 9.17) is 4.74 Å². The van der Waals surface area contributed by atoms with E-state index >= 15 is 0 Å². The molecule has 3 heteroatoms. The Morgan fingerprint density at radius 2 is 2.10 bits per heavy atom. The number of rotatable bonds is 4. The topological polar surface area (TPSA) is 29.5 Å². The van der Waals surface area contributed by atoms with Gasteiger partial charge in [-0.25, -0.2) is 0 Å². The lowest BCUT2D eigenvalue weighted by Gasteiger charge is -2.16. The second-order valence-electron chi connectivity index (χ2n) is 5.58. The molecule has 2 nitrogen and oxygen atoms in total. The minimum Gasteiger partial charge on any atom is -0.492 e. The Labute approximate surface area is 130 Å². The predicted octanol–water partition coefficient (Wildman–Crippen LogP) is 4.14. The molecule has 0 saturated heterocycles. The molecule has 3 rings (SSSR count). The Balaban J connectivity index is 1.68. The zero-order valence-corrected chi connectivity index (χ0v) is 13.2. The van der Waals surface area contributed by atoms with E-state index in [2.05, 4.69) is 24.3 Å². The second-order valence-corrected chi connectivity index (χ2v) is 6.92. The van der Waals surface area contributed by atoms with Crippen molar-refractivity contribution in [3.63, 3.8) is 0 Å². The lowest BCUT2D eigenvalue weighted by Crippen LogP contribution is -2.14. The number of hydrogen-bond acceptors (Lipinski definition) is 3. The number of hydrogen-bond donors (Lipinski definition) is 1. The Bertz CT molecular complexity index is 612. The Hall–Kier alpha value is -1.45. The molecule has 0 amide bonds. The summed E-state index contributed by atoms with van der Waals surface area (Å²) in [4.78, 5) is 1.37. The third-order valence-corrected chi connectivity index (χ3v) is 5.05. The molecule has 2 aromatic rings. The molecule has 21 heavy (non-hydrogen) atoms. The van der Waals surface area contributed by atoms with Crippen molar-refractivity contribution in [2.45, 2.75) is 36.5 Å². The lowest BCUT2D eigenvalue weighted by molar-refractivity contribution is 0.191. The largest absolute Gasteiger partial charge is 0.492 e. The fourth-order valence-corrected chi connectivity index (χ4v) is 3.86. The van der Waals surface area contributed by atoms with Gasteiger partial charge in [0.2, 0.25) is 0 Å². The summed E-state index contributed by atoms with van der Waals surface area (Å²) in [6, 6.07) is 14.5. The van der Waals surface area contributed by atoms with Crippen molar-refractivity contribution in [3.8, 4) is 5.75 Å². The van der Waals surface area contributed by atoms with Crippen LogP contribution in [0.1, 0.15) is 29.7 Å². The van der Waals surface area contributed by atoms with Crippen LogP contribution in [-0.4, -0.2) is 17.0 Å². The summed E-state index contributed by atoms with van der Waals surface area (Å²) >= 11 is 1.89. The third kappa shape index (κ3) is 3.25. The standard InChI is InChI=1S/C18H20O2S/c1-12-7-8-16(13(2)19)17(9-12)20-11-15-10-14-5-3-4-6-18(14)21-15/h3-9,13,15,19H,10-11H2,1-2H3/t13-,15?/m0/s1. The van der Waals surface area contributed by atoms with Gasteiger partial charge >= 0.3 is 0 Å². The molecule has 0 aromatic heterocycles. The van der Waals surface area contributed by atoms with Crippen molar-refractivity contribution in [3.05, 3.63) is 59.2 Å². The van der Waals surface area contributed by atoms with Gasteiger partial charge in [0, 0.05) is 15.7 Å². The van der Waals surface area contributed by atoms with Crippen molar-refractivity contribution in [2.75, 3.05) is 6.61 Å². The number of fused-ring (bicyclic) bond motifs is 1. The number of aryl methyl sites for hydroxylation is 1. The van der Waals surface area contributed by atoms with Crippen LogP contribution in [0.25, 0.3) is 0 Å². The summed E-state index contributed by atoms with van der Waals surface area (Å²) in [6.07, 6.45) is 0.547. The number of ether oxygens (including phenoxy) is 1. The fourth-order valence-electron chi connectivity index (χ4n) is 2.64. The van der Waals surface area contributed by atoms with Crippen LogP contribution in [0.15, 0.2) is 47.4 Å². The minimum absolute atomic E-state index is 0.449. The van der Waals surface area contributed by atoms with Crippen LogP contribution >= 0.6 is 11.8 Å². The molecule has 110 valence electrons. The van der Waals surface area contributed by atoms with E-state index in [-0.39, 0.29) is 0 Å². The van der Waals surface area contributed by atoms with E-state index in [9.17, 15) is 5.11 Å². The number of aliphatic hydroxyl groups excluding tert-OH is 1. The van der Waals surface area contributed by atoms with Crippen LogP contribution in [-0.2, 0) is 6.42 Å². The summed E-state index contributed by atoms with van der Waals surface area (Å²) in [5.41, 5.74) is 3.42. The highest BCUT2D eigenvalue weighted by molar-refractivity contribution is 8.00. The summed E-state index contributed by atoms with van der Waals surface area (Å²) in [7, 11) is 0. The van der Waals surface area contributed by atoms with Crippen molar-refractivity contribution >= 4 is 11.8 Å². The van der Waals surface area contributed by atoms with Gasteiger partial charge in [-0.3, -0.25) is 0 Å². The van der Waals surface area contributed by atoms with E-state index in [0.29, 0.717) is 11.9 Å². The van der Waals surface area contributed by atoms with Gasteiger partial charge in [0.1, 0.15) is 12.4 Å². The molecule has 1 N–H and O–H groups in total. The molecule has 0 saturated carbocycles. The monoisotopic (exact) mass is 300 g/mol. The molecule has 1 heterocycles. The zero-order valence-electron chi connectivity index (χ0n) is 12.4. The molecule has 2 aromatic carbocycles. The maximum atomic E-state index is 9.84. The molecule has 0 aliphatic carbocycles. The second kappa shape index (κ2) is 6.12. The molecule has 1 aliphatic rings. The SMILES string of the molecule is Cc1ccc([C@H](C)O)c(OCC2Cc3ccccc3S2)c1. The van der Waals surface area contributed by atoms with E-state index in [1.807, 2.05) is 36.9 Å². The smallest absolute Gasteiger partial charge is 0.125 e. The van der Waals surface area contributed by atoms with Crippen LogP contribution in [0, 0.1) is 6.92 Å². The first-order chi connectivity index (χ1) is 10.1. The Morgan fingerprint density at radius 1 is 1.29 bits per heavy atom. The van der Waals surface area contributed by atoms with E-state index in [0.717, 1.165) is 23.3 Å². The van der Waals surface area contributed by atoms with Gasteiger partial charge in [0.05, 0.1) is 6.10 Å². The van der Waals surface area contributed by atoms with Gasteiger partial charge in [-0.1, -0.05) is 30.3 Å². The van der Waals surface area contributed by atoms with E-state index in [1.165, 1.54) is 10.5 Å². The molecule has 1 unspecified atom stereocenters. The molecule has 0 radical (unpaired) electrons. The quantitative estimate of drug-likeness (QED) is 0.920. The van der Waals surface area contributed by atoms with Gasteiger partial charge in [-0.2, -0.15) is 0 Å². The third-order valence-electron chi connectivity index (χ3n) is 3.76. The van der Waals surface area contributed by atoms with Crippen molar-refractivity contribution in [1.82, 2.24) is 0 Å². The maximum absolute atomic E-state index is 9.84. The minimum atomic E-state index is -0.506. The van der Waals surface area contributed by atoms with Crippen molar-refractivity contribution < 1.29 is 9.84 Å². The van der Waals surface area contributed by atoms with E-state index < -0.39 is 6.10 Å². The van der Waals surface area contributed by atoms with Crippen LogP contribution in [0.4, 0.5) is 0 Å². The normalized spacial score (nSPS) is 18.3. The van der Waals surface area contributed by atoms with Crippen LogP contribution < -0.4 is 4.74 Å². The van der Waals surface area contributed by atoms with Crippen molar-refractivity contribution in [2.24, 2.45) is 0 Å². The number of benzene rings is 2. The fraction of sp³-hybridized carbons (Fsp3) is 0.333. The first-order valence-corrected chi connectivity index (χ1v) is 8.17. The first-order valence-electron chi connectivity index (χ1n) is 7.29. The first kappa shape index (κ1) is 14.5. The van der Waals surface area contributed by atoms with E-state index in [1.54, 1.807) is 6.92 Å².